The molecule has 0 amide bonds. The molecule has 2 nitrogen and oxygen atoms in total. The normalized spacial score (nSPS) is 34.4. The van der Waals surface area contributed by atoms with Crippen LogP contribution in [0.2, 0.25) is 0 Å². The summed E-state index contributed by atoms with van der Waals surface area (Å²) in [6.07, 6.45) is 8.43. The molecule has 0 bridgehead atoms. The van der Waals surface area contributed by atoms with Crippen molar-refractivity contribution in [3.63, 3.8) is 0 Å². The average molecular weight is 222 g/mol. The number of carboxylic acid groups (broad SMARTS) is 1. The summed E-state index contributed by atoms with van der Waals surface area (Å²) in [6, 6.07) is 0. The molecule has 0 aliphatic heterocycles. The molecule has 0 unspecified atom stereocenters. The van der Waals surface area contributed by atoms with E-state index in [9.17, 15) is 9.90 Å². The Labute approximate surface area is 97.7 Å². The number of allylic oxidation sites excluding steroid dienone is 1. The van der Waals surface area contributed by atoms with Crippen LogP contribution in [0.4, 0.5) is 0 Å². The highest BCUT2D eigenvalue weighted by Gasteiger charge is 2.53. The van der Waals surface area contributed by atoms with Gasteiger partial charge in [0.25, 0.3) is 0 Å². The summed E-state index contributed by atoms with van der Waals surface area (Å²) in [5, 5.41) is 9.49. The molecule has 2 heteroatoms. The topological polar surface area (TPSA) is 37.3 Å². The average Bonchev–Trinajstić information content (AvgIpc) is 2.16. The number of hydrogen-bond donors (Lipinski definition) is 1. The second-order valence-corrected chi connectivity index (χ2v) is 5.77. The van der Waals surface area contributed by atoms with Crippen LogP contribution in [0.5, 0.6) is 0 Å². The van der Waals surface area contributed by atoms with E-state index in [1.165, 1.54) is 18.4 Å². The predicted molar refractivity (Wildman–Crippen MR) is 64.2 cm³/mol. The summed E-state index contributed by atoms with van der Waals surface area (Å²) >= 11 is 0. The monoisotopic (exact) mass is 222 g/mol. The van der Waals surface area contributed by atoms with Gasteiger partial charge in [-0.05, 0) is 50.4 Å². The van der Waals surface area contributed by atoms with Gasteiger partial charge in [-0.3, -0.25) is 4.79 Å². The van der Waals surface area contributed by atoms with Gasteiger partial charge in [-0.1, -0.05) is 25.5 Å². The third-order valence-corrected chi connectivity index (χ3v) is 4.48. The zero-order valence-electron chi connectivity index (χ0n) is 10.3. The summed E-state index contributed by atoms with van der Waals surface area (Å²) < 4.78 is 0. The van der Waals surface area contributed by atoms with Crippen molar-refractivity contribution in [2.45, 2.75) is 52.4 Å². The SMILES string of the molecule is CC(C)C1CC(C(=O)O)(C2=CCCCC2)C1. The fraction of sp³-hybridized carbons (Fsp3) is 0.786. The maximum atomic E-state index is 11.5. The molecule has 0 radical (unpaired) electrons. The summed E-state index contributed by atoms with van der Waals surface area (Å²) in [7, 11) is 0. The molecule has 1 fully saturated rings. The lowest BCUT2D eigenvalue weighted by molar-refractivity contribution is -0.155. The minimum Gasteiger partial charge on any atom is -0.481 e. The fourth-order valence-corrected chi connectivity index (χ4v) is 3.15. The van der Waals surface area contributed by atoms with Crippen LogP contribution in [0.25, 0.3) is 0 Å². The van der Waals surface area contributed by atoms with Gasteiger partial charge < -0.3 is 5.11 Å². The second kappa shape index (κ2) is 4.23. The van der Waals surface area contributed by atoms with Crippen molar-refractivity contribution in [1.82, 2.24) is 0 Å². The zero-order valence-corrected chi connectivity index (χ0v) is 10.3. The molecule has 0 spiro atoms. The van der Waals surface area contributed by atoms with E-state index in [2.05, 4.69) is 19.9 Å². The van der Waals surface area contributed by atoms with Crippen molar-refractivity contribution >= 4 is 5.97 Å². The van der Waals surface area contributed by atoms with Crippen molar-refractivity contribution in [2.75, 3.05) is 0 Å². The number of rotatable bonds is 3. The highest BCUT2D eigenvalue weighted by molar-refractivity contribution is 5.80. The standard InChI is InChI=1S/C14H22O2/c1-10(2)11-8-14(9-11,13(15)16)12-6-4-3-5-7-12/h6,10-11H,3-5,7-9H2,1-2H3,(H,15,16). The van der Waals surface area contributed by atoms with Crippen molar-refractivity contribution < 1.29 is 9.90 Å². The molecule has 0 aromatic carbocycles. The van der Waals surface area contributed by atoms with Gasteiger partial charge in [0.05, 0.1) is 5.41 Å². The second-order valence-electron chi connectivity index (χ2n) is 5.77. The number of carboxylic acids is 1. The van der Waals surface area contributed by atoms with E-state index in [0.717, 1.165) is 25.7 Å². The quantitative estimate of drug-likeness (QED) is 0.740. The Kier molecular flexibility index (Phi) is 3.09. The molecule has 1 saturated carbocycles. The first-order valence-electron chi connectivity index (χ1n) is 6.49. The lowest BCUT2D eigenvalue weighted by Gasteiger charge is -2.48. The molecule has 1 N–H and O–H groups in total. The van der Waals surface area contributed by atoms with Crippen LogP contribution in [-0.4, -0.2) is 11.1 Å². The van der Waals surface area contributed by atoms with Crippen LogP contribution in [0.15, 0.2) is 11.6 Å². The Morgan fingerprint density at radius 1 is 1.44 bits per heavy atom. The van der Waals surface area contributed by atoms with E-state index in [1.54, 1.807) is 0 Å². The first-order chi connectivity index (χ1) is 7.56. The van der Waals surface area contributed by atoms with E-state index in [4.69, 9.17) is 0 Å². The largest absolute Gasteiger partial charge is 0.481 e. The highest BCUT2D eigenvalue weighted by Crippen LogP contribution is 2.55. The number of hydrogen-bond acceptors (Lipinski definition) is 1. The van der Waals surface area contributed by atoms with Gasteiger partial charge >= 0.3 is 5.97 Å². The molecule has 2 rings (SSSR count). The predicted octanol–water partition coefficient (Wildman–Crippen LogP) is 3.62. The number of aliphatic carboxylic acids is 1. The van der Waals surface area contributed by atoms with Gasteiger partial charge in [0.15, 0.2) is 0 Å². The molecule has 0 aromatic rings. The molecular formula is C14H22O2. The van der Waals surface area contributed by atoms with Crippen molar-refractivity contribution in [2.24, 2.45) is 17.3 Å². The van der Waals surface area contributed by atoms with Gasteiger partial charge in [0.1, 0.15) is 0 Å². The third-order valence-electron chi connectivity index (χ3n) is 4.48. The van der Waals surface area contributed by atoms with Gasteiger partial charge in [-0.25, -0.2) is 0 Å². The lowest BCUT2D eigenvalue weighted by atomic mass is 9.54. The molecule has 0 saturated heterocycles. The molecular weight excluding hydrogens is 200 g/mol. The molecule has 90 valence electrons. The van der Waals surface area contributed by atoms with Crippen molar-refractivity contribution in [1.29, 1.82) is 0 Å². The molecule has 0 aromatic heterocycles. The van der Waals surface area contributed by atoms with Crippen LogP contribution in [0.1, 0.15) is 52.4 Å². The van der Waals surface area contributed by atoms with Crippen LogP contribution < -0.4 is 0 Å². The minimum absolute atomic E-state index is 0.477. The summed E-state index contributed by atoms with van der Waals surface area (Å²) in [6.45, 7) is 4.40. The smallest absolute Gasteiger partial charge is 0.313 e. The molecule has 2 aliphatic carbocycles. The van der Waals surface area contributed by atoms with Crippen molar-refractivity contribution in [3.05, 3.63) is 11.6 Å². The summed E-state index contributed by atoms with van der Waals surface area (Å²) in [4.78, 5) is 11.5. The van der Waals surface area contributed by atoms with Gasteiger partial charge in [-0.2, -0.15) is 0 Å². The maximum Gasteiger partial charge on any atom is 0.313 e. The lowest BCUT2D eigenvalue weighted by Crippen LogP contribution is -2.47. The maximum absolute atomic E-state index is 11.5. The Balaban J connectivity index is 2.13. The van der Waals surface area contributed by atoms with Crippen LogP contribution >= 0.6 is 0 Å². The first kappa shape index (κ1) is 11.7. The van der Waals surface area contributed by atoms with Crippen LogP contribution in [-0.2, 0) is 4.79 Å². The van der Waals surface area contributed by atoms with E-state index in [-0.39, 0.29) is 0 Å². The first-order valence-corrected chi connectivity index (χ1v) is 6.49. The summed E-state index contributed by atoms with van der Waals surface area (Å²) in [5.74, 6) is 0.646. The van der Waals surface area contributed by atoms with Gasteiger partial charge in [0, 0.05) is 0 Å². The Morgan fingerprint density at radius 2 is 2.12 bits per heavy atom. The van der Waals surface area contributed by atoms with Gasteiger partial charge in [0.2, 0.25) is 0 Å². The Bertz CT molecular complexity index is 309. The third kappa shape index (κ3) is 1.79. The van der Waals surface area contributed by atoms with E-state index in [0.29, 0.717) is 11.8 Å². The number of carbonyl (C=O) groups is 1. The molecule has 16 heavy (non-hydrogen) atoms. The Morgan fingerprint density at radius 3 is 2.56 bits per heavy atom. The van der Waals surface area contributed by atoms with Crippen molar-refractivity contribution in [3.8, 4) is 0 Å². The van der Waals surface area contributed by atoms with E-state index >= 15 is 0 Å². The van der Waals surface area contributed by atoms with Crippen LogP contribution in [0.3, 0.4) is 0 Å². The summed E-state index contributed by atoms with van der Waals surface area (Å²) in [5.41, 5.74) is 0.748. The Hall–Kier alpha value is -0.790. The molecule has 2 aliphatic rings. The molecule has 0 heterocycles. The molecule has 0 atom stereocenters. The van der Waals surface area contributed by atoms with E-state index < -0.39 is 11.4 Å². The minimum atomic E-state index is -0.586. The van der Waals surface area contributed by atoms with E-state index in [1.807, 2.05) is 0 Å². The zero-order chi connectivity index (χ0) is 11.8. The highest BCUT2D eigenvalue weighted by atomic mass is 16.4. The fourth-order valence-electron chi connectivity index (χ4n) is 3.15. The van der Waals surface area contributed by atoms with Crippen LogP contribution in [0, 0.1) is 17.3 Å². The van der Waals surface area contributed by atoms with Gasteiger partial charge in [-0.15, -0.1) is 0 Å².